The fourth-order valence-electron chi connectivity index (χ4n) is 1.08. The molecule has 0 aliphatic rings. The molecular formula is C8H12N4OS. The summed E-state index contributed by atoms with van der Waals surface area (Å²) in [5, 5.41) is 6.46. The Bertz CT molecular complexity index is 360. The van der Waals surface area contributed by atoms with E-state index in [1.54, 1.807) is 14.0 Å². The maximum Gasteiger partial charge on any atom is 0.257 e. The van der Waals surface area contributed by atoms with Crippen LogP contribution in [0.25, 0.3) is 0 Å². The van der Waals surface area contributed by atoms with Crippen molar-refractivity contribution in [2.75, 3.05) is 13.6 Å². The van der Waals surface area contributed by atoms with E-state index in [4.69, 9.17) is 18.0 Å². The third kappa shape index (κ3) is 2.29. The fourth-order valence-corrected chi connectivity index (χ4v) is 1.27. The number of amides is 1. The molecule has 3 N–H and O–H groups in total. The average molecular weight is 212 g/mol. The third-order valence-electron chi connectivity index (χ3n) is 1.80. The summed E-state index contributed by atoms with van der Waals surface area (Å²) in [7, 11) is 1.65. The number of thiocarbonyl (C=S) groups is 1. The van der Waals surface area contributed by atoms with Crippen LogP contribution in [0.4, 0.5) is 0 Å². The van der Waals surface area contributed by atoms with Crippen LogP contribution >= 0.6 is 12.2 Å². The maximum atomic E-state index is 11.7. The molecule has 5 nitrogen and oxygen atoms in total. The number of hydrogen-bond donors (Lipinski definition) is 2. The molecule has 0 aliphatic carbocycles. The highest BCUT2D eigenvalue weighted by Gasteiger charge is 2.15. The molecule has 0 unspecified atom stereocenters. The first-order valence-corrected chi connectivity index (χ1v) is 4.47. The Kier molecular flexibility index (Phi) is 3.19. The highest BCUT2D eigenvalue weighted by molar-refractivity contribution is 7.80. The van der Waals surface area contributed by atoms with E-state index in [-0.39, 0.29) is 12.5 Å². The van der Waals surface area contributed by atoms with Crippen molar-refractivity contribution in [3.8, 4) is 0 Å². The number of aromatic nitrogens is 2. The van der Waals surface area contributed by atoms with Gasteiger partial charge in [-0.15, -0.1) is 0 Å². The molecule has 0 atom stereocenters. The number of likely N-dealkylation sites (N-methyl/N-ethyl adjacent to an activating group) is 1. The van der Waals surface area contributed by atoms with E-state index >= 15 is 0 Å². The lowest BCUT2D eigenvalue weighted by Gasteiger charge is -2.15. The van der Waals surface area contributed by atoms with E-state index in [2.05, 4.69) is 10.2 Å². The minimum atomic E-state index is -0.135. The van der Waals surface area contributed by atoms with E-state index in [0.717, 1.165) is 5.69 Å². The Labute approximate surface area is 87.3 Å². The molecule has 0 saturated heterocycles. The van der Waals surface area contributed by atoms with E-state index in [0.29, 0.717) is 10.6 Å². The second-order valence-corrected chi connectivity index (χ2v) is 3.56. The Hall–Kier alpha value is -1.43. The lowest BCUT2D eigenvalue weighted by atomic mass is 10.2. The molecule has 0 aromatic carbocycles. The lowest BCUT2D eigenvalue weighted by Crippen LogP contribution is -2.34. The van der Waals surface area contributed by atoms with Gasteiger partial charge in [0, 0.05) is 12.7 Å². The molecular weight excluding hydrogens is 200 g/mol. The monoisotopic (exact) mass is 212 g/mol. The number of hydrogen-bond acceptors (Lipinski definition) is 3. The van der Waals surface area contributed by atoms with Crippen LogP contribution in [0.5, 0.6) is 0 Å². The number of carbonyl (C=O) groups excluding carboxylic acids is 1. The lowest BCUT2D eigenvalue weighted by molar-refractivity contribution is 0.0814. The van der Waals surface area contributed by atoms with Crippen LogP contribution in [0.15, 0.2) is 6.20 Å². The summed E-state index contributed by atoms with van der Waals surface area (Å²) in [4.78, 5) is 13.5. The van der Waals surface area contributed by atoms with E-state index in [1.165, 1.54) is 11.1 Å². The van der Waals surface area contributed by atoms with Gasteiger partial charge in [-0.2, -0.15) is 5.10 Å². The van der Waals surface area contributed by atoms with Gasteiger partial charge in [-0.1, -0.05) is 12.2 Å². The number of nitrogens with zero attached hydrogens (tertiary/aromatic N) is 2. The molecule has 6 heteroatoms. The Balaban J connectivity index is 2.76. The minimum Gasteiger partial charge on any atom is -0.392 e. The molecule has 1 rings (SSSR count). The van der Waals surface area contributed by atoms with Crippen molar-refractivity contribution in [1.82, 2.24) is 15.1 Å². The molecule has 0 saturated carbocycles. The van der Waals surface area contributed by atoms with Crippen LogP contribution in [-0.2, 0) is 0 Å². The highest BCUT2D eigenvalue weighted by atomic mass is 32.1. The Morgan fingerprint density at radius 2 is 2.43 bits per heavy atom. The Morgan fingerprint density at radius 1 is 1.79 bits per heavy atom. The van der Waals surface area contributed by atoms with Crippen molar-refractivity contribution in [3.05, 3.63) is 17.5 Å². The first-order chi connectivity index (χ1) is 6.52. The summed E-state index contributed by atoms with van der Waals surface area (Å²) in [5.74, 6) is -0.135. The van der Waals surface area contributed by atoms with Crippen molar-refractivity contribution >= 4 is 23.1 Å². The topological polar surface area (TPSA) is 75.0 Å². The van der Waals surface area contributed by atoms with Crippen molar-refractivity contribution < 1.29 is 4.79 Å². The minimum absolute atomic E-state index is 0.135. The fraction of sp³-hybridized carbons (Fsp3) is 0.375. The summed E-state index contributed by atoms with van der Waals surface area (Å²) < 4.78 is 0. The quantitative estimate of drug-likeness (QED) is 0.696. The number of nitrogens with two attached hydrogens (primary N) is 1. The second kappa shape index (κ2) is 4.19. The molecule has 1 amide bonds. The highest BCUT2D eigenvalue weighted by Crippen LogP contribution is 2.05. The van der Waals surface area contributed by atoms with Crippen molar-refractivity contribution in [3.63, 3.8) is 0 Å². The van der Waals surface area contributed by atoms with Gasteiger partial charge in [0.2, 0.25) is 0 Å². The van der Waals surface area contributed by atoms with Crippen LogP contribution in [0.1, 0.15) is 16.1 Å². The third-order valence-corrected chi connectivity index (χ3v) is 1.93. The van der Waals surface area contributed by atoms with E-state index in [9.17, 15) is 4.79 Å². The number of aromatic amines is 1. The van der Waals surface area contributed by atoms with Gasteiger partial charge in [-0.25, -0.2) is 0 Å². The summed E-state index contributed by atoms with van der Waals surface area (Å²) in [6.45, 7) is 2.06. The zero-order valence-electron chi connectivity index (χ0n) is 8.07. The molecule has 14 heavy (non-hydrogen) atoms. The second-order valence-electron chi connectivity index (χ2n) is 3.04. The molecule has 0 aliphatic heterocycles. The predicted octanol–water partition coefficient (Wildman–Crippen LogP) is 0.0762. The number of H-pyrrole nitrogens is 1. The number of carbonyl (C=O) groups is 1. The van der Waals surface area contributed by atoms with Crippen LogP contribution in [0.3, 0.4) is 0 Å². The number of nitrogens with one attached hydrogen (secondary N) is 1. The normalized spacial score (nSPS) is 9.86. The first-order valence-electron chi connectivity index (χ1n) is 4.06. The van der Waals surface area contributed by atoms with Crippen molar-refractivity contribution in [2.45, 2.75) is 6.92 Å². The molecule has 0 bridgehead atoms. The maximum absolute atomic E-state index is 11.7. The molecule has 0 radical (unpaired) electrons. The molecule has 1 heterocycles. The summed E-state index contributed by atoms with van der Waals surface area (Å²) in [6, 6.07) is 0. The molecule has 1 aromatic rings. The van der Waals surface area contributed by atoms with Crippen molar-refractivity contribution in [2.24, 2.45) is 5.73 Å². The summed E-state index contributed by atoms with van der Waals surface area (Å²) in [5.41, 5.74) is 6.62. The number of aryl methyl sites for hydroxylation is 1. The van der Waals surface area contributed by atoms with Gasteiger partial charge in [0.25, 0.3) is 5.91 Å². The van der Waals surface area contributed by atoms with Gasteiger partial charge in [0.05, 0.1) is 23.3 Å². The standard InChI is InChI=1S/C8H12N4OS/c1-5-6(3-10-11-5)8(13)12(2)4-7(9)14/h3H,4H2,1-2H3,(H2,9,14)(H,10,11). The van der Waals surface area contributed by atoms with Gasteiger partial charge in [-0.05, 0) is 6.92 Å². The molecule has 0 fully saturated rings. The Morgan fingerprint density at radius 3 is 2.86 bits per heavy atom. The average Bonchev–Trinajstić information content (AvgIpc) is 2.48. The molecule has 1 aromatic heterocycles. The van der Waals surface area contributed by atoms with Crippen molar-refractivity contribution in [1.29, 1.82) is 0 Å². The zero-order valence-corrected chi connectivity index (χ0v) is 8.89. The van der Waals surface area contributed by atoms with E-state index < -0.39 is 0 Å². The van der Waals surface area contributed by atoms with Gasteiger partial charge in [-0.3, -0.25) is 9.89 Å². The number of rotatable bonds is 3. The molecule has 76 valence electrons. The van der Waals surface area contributed by atoms with Crippen LogP contribution in [-0.4, -0.2) is 39.6 Å². The largest absolute Gasteiger partial charge is 0.392 e. The first kappa shape index (κ1) is 10.6. The van der Waals surface area contributed by atoms with Gasteiger partial charge in [0.1, 0.15) is 0 Å². The summed E-state index contributed by atoms with van der Waals surface area (Å²) >= 11 is 4.71. The van der Waals surface area contributed by atoms with Gasteiger partial charge >= 0.3 is 0 Å². The SMILES string of the molecule is Cc1[nH]ncc1C(=O)N(C)CC(N)=S. The van der Waals surface area contributed by atoms with Gasteiger partial charge < -0.3 is 10.6 Å². The van der Waals surface area contributed by atoms with Crippen LogP contribution < -0.4 is 5.73 Å². The summed E-state index contributed by atoms with van der Waals surface area (Å²) in [6.07, 6.45) is 1.49. The molecule has 0 spiro atoms. The predicted molar refractivity (Wildman–Crippen MR) is 57.1 cm³/mol. The zero-order chi connectivity index (χ0) is 10.7. The smallest absolute Gasteiger partial charge is 0.257 e. The van der Waals surface area contributed by atoms with Gasteiger partial charge in [0.15, 0.2) is 0 Å². The van der Waals surface area contributed by atoms with E-state index in [1.807, 2.05) is 0 Å². The van der Waals surface area contributed by atoms with Crippen LogP contribution in [0, 0.1) is 6.92 Å². The van der Waals surface area contributed by atoms with Crippen LogP contribution in [0.2, 0.25) is 0 Å².